The third-order valence-corrected chi connectivity index (χ3v) is 4.37. The van der Waals surface area contributed by atoms with E-state index >= 15 is 0 Å². The molecule has 2 N–H and O–H groups in total. The molecule has 7 heteroatoms. The molecule has 0 saturated carbocycles. The Kier molecular flexibility index (Phi) is 5.57. The highest BCUT2D eigenvalue weighted by Crippen LogP contribution is 2.26. The van der Waals surface area contributed by atoms with Gasteiger partial charge < -0.3 is 9.84 Å². The quantitative estimate of drug-likeness (QED) is 0.610. The van der Waals surface area contributed by atoms with Gasteiger partial charge in [-0.25, -0.2) is 5.43 Å². The molecular formula is C20H18ClN3O3. The van der Waals surface area contributed by atoms with Crippen molar-refractivity contribution in [2.24, 2.45) is 10.1 Å². The van der Waals surface area contributed by atoms with Gasteiger partial charge in [0.1, 0.15) is 0 Å². The zero-order chi connectivity index (χ0) is 19.4. The van der Waals surface area contributed by atoms with Crippen LogP contribution >= 0.6 is 11.6 Å². The predicted molar refractivity (Wildman–Crippen MR) is 106 cm³/mol. The molecule has 0 saturated heterocycles. The van der Waals surface area contributed by atoms with Crippen molar-refractivity contribution in [3.63, 3.8) is 0 Å². The summed E-state index contributed by atoms with van der Waals surface area (Å²) < 4.78 is 4.98. The van der Waals surface area contributed by atoms with E-state index in [1.807, 2.05) is 12.1 Å². The highest BCUT2D eigenvalue weighted by atomic mass is 35.5. The molecule has 1 aliphatic rings. The monoisotopic (exact) mass is 383 g/mol. The van der Waals surface area contributed by atoms with Crippen molar-refractivity contribution in [2.75, 3.05) is 7.11 Å². The number of amides is 1. The summed E-state index contributed by atoms with van der Waals surface area (Å²) in [6, 6.07) is 12.2. The number of benzene rings is 2. The number of methoxy groups -OCH3 is 1. The highest BCUT2D eigenvalue weighted by molar-refractivity contribution is 6.30. The van der Waals surface area contributed by atoms with Crippen LogP contribution in [0.1, 0.15) is 24.5 Å². The average Bonchev–Trinajstić information content (AvgIpc) is 3.04. The lowest BCUT2D eigenvalue weighted by Crippen LogP contribution is -2.20. The summed E-state index contributed by atoms with van der Waals surface area (Å²) in [7, 11) is 1.47. The Hall–Kier alpha value is -3.12. The van der Waals surface area contributed by atoms with Crippen LogP contribution in [0.2, 0.25) is 5.02 Å². The fraction of sp³-hybridized carbons (Fsp3) is 0.150. The van der Waals surface area contributed by atoms with Gasteiger partial charge in [-0.3, -0.25) is 9.79 Å². The van der Waals surface area contributed by atoms with E-state index in [0.717, 1.165) is 11.3 Å². The first-order valence-corrected chi connectivity index (χ1v) is 8.59. The molecule has 0 unspecified atom stereocenters. The first kappa shape index (κ1) is 18.7. The van der Waals surface area contributed by atoms with Crippen molar-refractivity contribution in [1.29, 1.82) is 0 Å². The normalized spacial score (nSPS) is 13.8. The molecule has 0 atom stereocenters. The second kappa shape index (κ2) is 8.05. The molecule has 138 valence electrons. The van der Waals surface area contributed by atoms with Crippen LogP contribution in [0.5, 0.6) is 11.5 Å². The molecule has 0 radical (unpaired) electrons. The number of nitrogens with zero attached hydrogens (tertiary/aromatic N) is 2. The fourth-order valence-electron chi connectivity index (χ4n) is 2.68. The van der Waals surface area contributed by atoms with E-state index in [4.69, 9.17) is 16.3 Å². The number of aliphatic imine (C=N–C) groups is 1. The summed E-state index contributed by atoms with van der Waals surface area (Å²) in [5.74, 6) is 0.0622. The smallest absolute Gasteiger partial charge is 0.269 e. The maximum atomic E-state index is 12.4. The van der Waals surface area contributed by atoms with Crippen LogP contribution in [0.3, 0.4) is 0 Å². The topological polar surface area (TPSA) is 83.3 Å². The number of rotatable bonds is 5. The van der Waals surface area contributed by atoms with E-state index in [1.165, 1.54) is 19.4 Å². The second-order valence-corrected chi connectivity index (χ2v) is 6.37. The molecule has 0 fully saturated rings. The third-order valence-electron chi connectivity index (χ3n) is 4.12. The summed E-state index contributed by atoms with van der Waals surface area (Å²) in [5, 5.41) is 14.4. The maximum absolute atomic E-state index is 12.4. The van der Waals surface area contributed by atoms with Gasteiger partial charge in [0.25, 0.3) is 5.91 Å². The van der Waals surface area contributed by atoms with Crippen molar-refractivity contribution >= 4 is 29.4 Å². The van der Waals surface area contributed by atoms with Crippen molar-refractivity contribution in [3.8, 4) is 11.5 Å². The molecule has 0 aromatic heterocycles. The van der Waals surface area contributed by atoms with E-state index < -0.39 is 0 Å². The van der Waals surface area contributed by atoms with Crippen LogP contribution in [0.15, 0.2) is 63.8 Å². The van der Waals surface area contributed by atoms with Gasteiger partial charge in [0, 0.05) is 22.7 Å². The minimum absolute atomic E-state index is 0.00290. The van der Waals surface area contributed by atoms with Crippen LogP contribution in [-0.2, 0) is 4.79 Å². The number of carbonyl (C=O) groups is 1. The average molecular weight is 384 g/mol. The third kappa shape index (κ3) is 4.35. The Morgan fingerprint density at radius 3 is 2.70 bits per heavy atom. The van der Waals surface area contributed by atoms with Gasteiger partial charge in [0.2, 0.25) is 0 Å². The van der Waals surface area contributed by atoms with Gasteiger partial charge in [-0.1, -0.05) is 23.7 Å². The minimum atomic E-state index is -0.311. The number of phenols is 1. The minimum Gasteiger partial charge on any atom is -0.504 e. The van der Waals surface area contributed by atoms with Crippen LogP contribution in [0.4, 0.5) is 0 Å². The molecule has 0 spiro atoms. The lowest BCUT2D eigenvalue weighted by Gasteiger charge is -2.04. The van der Waals surface area contributed by atoms with E-state index in [1.54, 1.807) is 31.2 Å². The largest absolute Gasteiger partial charge is 0.504 e. The number of allylic oxidation sites excluding steroid dienone is 1. The summed E-state index contributed by atoms with van der Waals surface area (Å²) in [5.41, 5.74) is 6.10. The summed E-state index contributed by atoms with van der Waals surface area (Å²) >= 11 is 5.91. The Morgan fingerprint density at radius 1 is 1.30 bits per heavy atom. The summed E-state index contributed by atoms with van der Waals surface area (Å²) in [6.45, 7) is 1.79. The summed E-state index contributed by atoms with van der Waals surface area (Å²) in [6.07, 6.45) is 1.88. The number of ether oxygens (including phenoxy) is 1. The van der Waals surface area contributed by atoms with Crippen molar-refractivity contribution < 1.29 is 14.6 Å². The van der Waals surface area contributed by atoms with Crippen molar-refractivity contribution in [3.05, 3.63) is 69.9 Å². The van der Waals surface area contributed by atoms with Gasteiger partial charge in [-0.05, 0) is 48.4 Å². The van der Waals surface area contributed by atoms with Crippen molar-refractivity contribution in [2.45, 2.75) is 13.3 Å². The van der Waals surface area contributed by atoms with E-state index in [0.29, 0.717) is 34.0 Å². The van der Waals surface area contributed by atoms with Crippen LogP contribution in [0.25, 0.3) is 0 Å². The second-order valence-electron chi connectivity index (χ2n) is 5.94. The SMILES string of the molecule is COc1ccc(/C=N/NC(=O)C2=C(C)N=C(c3ccc(Cl)cc3)C2)cc1O. The number of phenolic OH excluding ortho intramolecular Hbond substituents is 1. The Bertz CT molecular complexity index is 963. The molecule has 0 aliphatic carbocycles. The van der Waals surface area contributed by atoms with Gasteiger partial charge in [-0.2, -0.15) is 5.10 Å². The zero-order valence-electron chi connectivity index (χ0n) is 14.9. The summed E-state index contributed by atoms with van der Waals surface area (Å²) in [4.78, 5) is 16.9. The number of halogens is 1. The van der Waals surface area contributed by atoms with Gasteiger partial charge in [0.15, 0.2) is 11.5 Å². The van der Waals surface area contributed by atoms with E-state index in [-0.39, 0.29) is 11.7 Å². The van der Waals surface area contributed by atoms with E-state index in [2.05, 4.69) is 15.5 Å². The zero-order valence-corrected chi connectivity index (χ0v) is 15.6. The molecule has 2 aromatic carbocycles. The number of hydrogen-bond acceptors (Lipinski definition) is 5. The number of nitrogens with one attached hydrogen (secondary N) is 1. The van der Waals surface area contributed by atoms with Gasteiger partial charge >= 0.3 is 0 Å². The molecule has 1 heterocycles. The Labute approximate surface area is 161 Å². The first-order valence-electron chi connectivity index (χ1n) is 8.21. The lowest BCUT2D eigenvalue weighted by molar-refractivity contribution is -0.117. The number of hydrogen-bond donors (Lipinski definition) is 2. The van der Waals surface area contributed by atoms with Crippen LogP contribution < -0.4 is 10.2 Å². The first-order chi connectivity index (χ1) is 13.0. The molecule has 1 aliphatic heterocycles. The Balaban J connectivity index is 1.62. The standard InChI is InChI=1S/C20H18ClN3O3/c1-12-16(10-17(23-12)14-4-6-15(21)7-5-14)20(26)24-22-11-13-3-8-19(27-2)18(25)9-13/h3-9,11,25H,10H2,1-2H3,(H,24,26)/b22-11+. The maximum Gasteiger partial charge on any atom is 0.269 e. The molecule has 6 nitrogen and oxygen atoms in total. The molecule has 27 heavy (non-hydrogen) atoms. The highest BCUT2D eigenvalue weighted by Gasteiger charge is 2.22. The lowest BCUT2D eigenvalue weighted by atomic mass is 10.0. The number of carbonyl (C=O) groups excluding carboxylic acids is 1. The van der Waals surface area contributed by atoms with Crippen LogP contribution in [-0.4, -0.2) is 30.0 Å². The molecule has 2 aromatic rings. The molecular weight excluding hydrogens is 366 g/mol. The Morgan fingerprint density at radius 2 is 2.04 bits per heavy atom. The van der Waals surface area contributed by atoms with E-state index in [9.17, 15) is 9.90 Å². The number of aromatic hydroxyl groups is 1. The fourth-order valence-corrected chi connectivity index (χ4v) is 2.80. The van der Waals surface area contributed by atoms with Crippen LogP contribution in [0, 0.1) is 0 Å². The molecule has 1 amide bonds. The molecule has 3 rings (SSSR count). The number of hydrazone groups is 1. The predicted octanol–water partition coefficient (Wildman–Crippen LogP) is 3.67. The van der Waals surface area contributed by atoms with Gasteiger partial charge in [0.05, 0.1) is 19.0 Å². The van der Waals surface area contributed by atoms with Gasteiger partial charge in [-0.15, -0.1) is 0 Å². The van der Waals surface area contributed by atoms with Crippen molar-refractivity contribution in [1.82, 2.24) is 5.43 Å². The molecule has 0 bridgehead atoms.